The van der Waals surface area contributed by atoms with Crippen LogP contribution in [-0.2, 0) is 0 Å². The van der Waals surface area contributed by atoms with Crippen molar-refractivity contribution in [2.75, 3.05) is 26.2 Å². The van der Waals surface area contributed by atoms with Crippen molar-refractivity contribution in [3.8, 4) is 0 Å². The average Bonchev–Trinajstić information content (AvgIpc) is 2.01. The minimum atomic E-state index is 0. The fraction of sp³-hybridized carbons (Fsp3) is 0.667. The Morgan fingerprint density at radius 3 is 1.50 bits per heavy atom. The Hall–Kier alpha value is 1.70. The summed E-state index contributed by atoms with van der Waals surface area (Å²) >= 11 is 17.3. The van der Waals surface area contributed by atoms with Gasteiger partial charge in [-0.2, -0.15) is 0 Å². The molecule has 0 unspecified atom stereocenters. The summed E-state index contributed by atoms with van der Waals surface area (Å²) in [7, 11) is 0. The minimum absolute atomic E-state index is 0. The smallest absolute Gasteiger partial charge is 0.130 e. The number of thiocarbonyl (C=S) groups is 2. The van der Waals surface area contributed by atoms with Gasteiger partial charge in [-0.15, -0.1) is 25.3 Å². The Labute approximate surface area is 136 Å². The van der Waals surface area contributed by atoms with Crippen LogP contribution >= 0.6 is 49.7 Å². The molecule has 0 aliphatic heterocycles. The van der Waals surface area contributed by atoms with E-state index in [2.05, 4.69) is 41.2 Å². The van der Waals surface area contributed by atoms with Crippen LogP contribution in [0.1, 0.15) is 0 Å². The van der Waals surface area contributed by atoms with Gasteiger partial charge < -0.3 is 16.0 Å². The Morgan fingerprint density at radius 1 is 0.857 bits per heavy atom. The molecule has 8 heteroatoms. The molecule has 0 aliphatic rings. The van der Waals surface area contributed by atoms with Gasteiger partial charge in [0.1, 0.15) is 8.64 Å². The Balaban J connectivity index is 0. The van der Waals surface area contributed by atoms with Crippen molar-refractivity contribution in [1.29, 1.82) is 0 Å². The van der Waals surface area contributed by atoms with Gasteiger partial charge in [0.25, 0.3) is 0 Å². The summed E-state index contributed by atoms with van der Waals surface area (Å²) in [6.07, 6.45) is 0. The van der Waals surface area contributed by atoms with E-state index in [1.54, 1.807) is 0 Å². The van der Waals surface area contributed by atoms with Crippen LogP contribution in [0, 0.1) is 0 Å². The maximum Gasteiger partial charge on any atom is 0.130 e. The normalized spacial score (nSPS) is 8.71. The molecule has 0 aromatic rings. The van der Waals surface area contributed by atoms with Crippen molar-refractivity contribution in [3.63, 3.8) is 0 Å². The molecule has 0 saturated heterocycles. The number of thiol groups is 2. The van der Waals surface area contributed by atoms with E-state index in [9.17, 15) is 0 Å². The van der Waals surface area contributed by atoms with E-state index in [-0.39, 0.29) is 37.7 Å². The molecule has 0 bridgehead atoms. The second-order valence-corrected chi connectivity index (χ2v) is 4.53. The van der Waals surface area contributed by atoms with Crippen LogP contribution in [0.2, 0.25) is 0 Å². The van der Waals surface area contributed by atoms with Crippen LogP contribution in [0.4, 0.5) is 0 Å². The van der Waals surface area contributed by atoms with Crippen LogP contribution in [0.5, 0.6) is 0 Å². The van der Waals surface area contributed by atoms with Gasteiger partial charge in [0, 0.05) is 63.9 Å². The zero-order valence-corrected chi connectivity index (χ0v) is 13.4. The second kappa shape index (κ2) is 12.8. The van der Waals surface area contributed by atoms with Crippen molar-refractivity contribution < 1.29 is 0 Å². The van der Waals surface area contributed by atoms with E-state index >= 15 is 0 Å². The first-order chi connectivity index (χ1) is 6.13. The number of hydrogen-bond donors (Lipinski definition) is 5. The minimum Gasteiger partial charge on any atom is -0.370 e. The standard InChI is InChI=1S/C6H13N3S4.Ca/c10-5(11)8-3-1-7-2-4-9-6(12)13;/h7H,1-4H2,(H2,8,10,11)(H2,9,12,13);. The Kier molecular flexibility index (Phi) is 16.5. The number of rotatable bonds is 6. The summed E-state index contributed by atoms with van der Waals surface area (Å²) in [6, 6.07) is 0. The molecule has 0 atom stereocenters. The van der Waals surface area contributed by atoms with E-state index < -0.39 is 0 Å². The topological polar surface area (TPSA) is 36.1 Å². The van der Waals surface area contributed by atoms with Crippen molar-refractivity contribution in [3.05, 3.63) is 0 Å². The summed E-state index contributed by atoms with van der Waals surface area (Å²) in [5.41, 5.74) is 0. The molecule has 78 valence electrons. The van der Waals surface area contributed by atoms with Gasteiger partial charge in [0.2, 0.25) is 0 Å². The Bertz CT molecular complexity index is 160. The van der Waals surface area contributed by atoms with Crippen LogP contribution in [0.15, 0.2) is 0 Å². The van der Waals surface area contributed by atoms with E-state index in [4.69, 9.17) is 24.4 Å². The molecular formula is C6H13CaN3S4. The SMILES string of the molecule is S=C(S)NCCNCCNC(=S)S.[Ca]. The van der Waals surface area contributed by atoms with Crippen molar-refractivity contribution in [1.82, 2.24) is 16.0 Å². The number of nitrogens with one attached hydrogen (secondary N) is 3. The molecule has 0 aromatic carbocycles. The van der Waals surface area contributed by atoms with Crippen LogP contribution in [0.3, 0.4) is 0 Å². The molecular weight excluding hydrogens is 282 g/mol. The van der Waals surface area contributed by atoms with E-state index in [1.165, 1.54) is 0 Å². The first kappa shape index (κ1) is 18.1. The third-order valence-corrected chi connectivity index (χ3v) is 1.76. The Morgan fingerprint density at radius 2 is 1.21 bits per heavy atom. The third kappa shape index (κ3) is 16.1. The monoisotopic (exact) mass is 295 g/mol. The molecule has 0 rings (SSSR count). The molecule has 0 heterocycles. The molecule has 3 nitrogen and oxygen atoms in total. The van der Waals surface area contributed by atoms with Crippen molar-refractivity contribution in [2.24, 2.45) is 0 Å². The molecule has 14 heavy (non-hydrogen) atoms. The van der Waals surface area contributed by atoms with Gasteiger partial charge in [0.05, 0.1) is 0 Å². The molecule has 0 fully saturated rings. The van der Waals surface area contributed by atoms with Crippen molar-refractivity contribution in [2.45, 2.75) is 0 Å². The molecule has 0 aliphatic carbocycles. The molecule has 2 radical (unpaired) electrons. The predicted molar refractivity (Wildman–Crippen MR) is 77.8 cm³/mol. The fourth-order valence-corrected chi connectivity index (χ4v) is 1.07. The average molecular weight is 296 g/mol. The summed E-state index contributed by atoms with van der Waals surface area (Å²) in [5.74, 6) is 0. The van der Waals surface area contributed by atoms with Gasteiger partial charge in [-0.3, -0.25) is 0 Å². The second-order valence-electron chi connectivity index (χ2n) is 2.21. The quantitative estimate of drug-likeness (QED) is 0.203. The van der Waals surface area contributed by atoms with E-state index in [0.717, 1.165) is 26.2 Å². The first-order valence-electron chi connectivity index (χ1n) is 3.77. The first-order valence-corrected chi connectivity index (χ1v) is 5.48. The van der Waals surface area contributed by atoms with Gasteiger partial charge >= 0.3 is 0 Å². The van der Waals surface area contributed by atoms with Crippen molar-refractivity contribution >= 4 is 96.1 Å². The van der Waals surface area contributed by atoms with Gasteiger partial charge in [-0.1, -0.05) is 24.4 Å². The maximum absolute atomic E-state index is 4.72. The van der Waals surface area contributed by atoms with Gasteiger partial charge in [0.15, 0.2) is 0 Å². The van der Waals surface area contributed by atoms with E-state index in [0.29, 0.717) is 8.64 Å². The van der Waals surface area contributed by atoms with Crippen LogP contribution < -0.4 is 16.0 Å². The molecule has 0 aromatic heterocycles. The van der Waals surface area contributed by atoms with Gasteiger partial charge in [-0.25, -0.2) is 0 Å². The van der Waals surface area contributed by atoms with Crippen LogP contribution in [-0.4, -0.2) is 72.6 Å². The van der Waals surface area contributed by atoms with E-state index in [1.807, 2.05) is 0 Å². The summed E-state index contributed by atoms with van der Waals surface area (Å²) in [4.78, 5) is 0. The number of hydrogen-bond acceptors (Lipinski definition) is 3. The molecule has 0 amide bonds. The van der Waals surface area contributed by atoms with Gasteiger partial charge in [-0.05, 0) is 0 Å². The predicted octanol–water partition coefficient (Wildman–Crippen LogP) is -0.196. The summed E-state index contributed by atoms with van der Waals surface area (Å²) < 4.78 is 1.05. The molecule has 0 saturated carbocycles. The fourth-order valence-electron chi connectivity index (χ4n) is 0.641. The summed E-state index contributed by atoms with van der Waals surface area (Å²) in [6.45, 7) is 3.27. The van der Waals surface area contributed by atoms with Crippen LogP contribution in [0.25, 0.3) is 0 Å². The third-order valence-electron chi connectivity index (χ3n) is 1.16. The largest absolute Gasteiger partial charge is 0.370 e. The zero-order chi connectivity index (χ0) is 10.1. The maximum atomic E-state index is 4.72. The zero-order valence-electron chi connectivity index (χ0n) is 7.75. The molecule has 0 spiro atoms. The summed E-state index contributed by atoms with van der Waals surface area (Å²) in [5, 5.41) is 9.02. The molecule has 3 N–H and O–H groups in total.